The highest BCUT2D eigenvalue weighted by Gasteiger charge is 2.18. The summed E-state index contributed by atoms with van der Waals surface area (Å²) in [6, 6.07) is 3.93. The monoisotopic (exact) mass is 251 g/mol. The number of hydrogen-bond acceptors (Lipinski definition) is 3. The van der Waals surface area contributed by atoms with Crippen LogP contribution in [0.5, 0.6) is 11.5 Å². The molecule has 102 valence electrons. The molecule has 3 N–H and O–H groups in total. The van der Waals surface area contributed by atoms with Crippen molar-refractivity contribution in [1.29, 1.82) is 0 Å². The Hall–Kier alpha value is -1.22. The second-order valence-corrected chi connectivity index (χ2v) is 5.68. The molecule has 1 aromatic carbocycles. The van der Waals surface area contributed by atoms with Crippen LogP contribution in [0.1, 0.15) is 44.7 Å². The van der Waals surface area contributed by atoms with Gasteiger partial charge in [0, 0.05) is 0 Å². The van der Waals surface area contributed by atoms with Crippen molar-refractivity contribution in [2.24, 2.45) is 5.73 Å². The van der Waals surface area contributed by atoms with Gasteiger partial charge < -0.3 is 15.6 Å². The van der Waals surface area contributed by atoms with Crippen LogP contribution in [-0.4, -0.2) is 18.8 Å². The van der Waals surface area contributed by atoms with Gasteiger partial charge in [0.2, 0.25) is 0 Å². The summed E-state index contributed by atoms with van der Waals surface area (Å²) in [6.07, 6.45) is 2.89. The molecule has 0 bridgehead atoms. The first-order valence-corrected chi connectivity index (χ1v) is 6.50. The zero-order valence-electron chi connectivity index (χ0n) is 11.9. The first kappa shape index (κ1) is 14.8. The van der Waals surface area contributed by atoms with Gasteiger partial charge in [0.15, 0.2) is 11.5 Å². The first-order valence-electron chi connectivity index (χ1n) is 6.50. The largest absolute Gasteiger partial charge is 0.504 e. The molecule has 0 aliphatic carbocycles. The van der Waals surface area contributed by atoms with E-state index in [2.05, 4.69) is 26.8 Å². The zero-order chi connectivity index (χ0) is 13.8. The molecule has 0 spiro atoms. The minimum absolute atomic E-state index is 0.0202. The molecule has 18 heavy (non-hydrogen) atoms. The van der Waals surface area contributed by atoms with Gasteiger partial charge in [-0.3, -0.25) is 0 Å². The fourth-order valence-corrected chi connectivity index (χ4v) is 1.99. The predicted octanol–water partition coefficient (Wildman–Crippen LogP) is 2.98. The van der Waals surface area contributed by atoms with Crippen LogP contribution < -0.4 is 10.5 Å². The van der Waals surface area contributed by atoms with E-state index < -0.39 is 0 Å². The highest BCUT2D eigenvalue weighted by atomic mass is 16.5. The zero-order valence-corrected chi connectivity index (χ0v) is 11.9. The van der Waals surface area contributed by atoms with E-state index in [1.807, 2.05) is 0 Å². The summed E-state index contributed by atoms with van der Waals surface area (Å²) in [6.45, 7) is 7.11. The fourth-order valence-electron chi connectivity index (χ4n) is 1.99. The molecule has 0 aliphatic heterocycles. The van der Waals surface area contributed by atoms with E-state index in [9.17, 15) is 5.11 Å². The van der Waals surface area contributed by atoms with Crippen molar-refractivity contribution >= 4 is 0 Å². The second kappa shape index (κ2) is 6.10. The molecular formula is C15H25NO2. The van der Waals surface area contributed by atoms with Gasteiger partial charge in [0.25, 0.3) is 0 Å². The van der Waals surface area contributed by atoms with Crippen LogP contribution in [0.15, 0.2) is 12.1 Å². The van der Waals surface area contributed by atoms with Crippen LogP contribution in [0, 0.1) is 0 Å². The summed E-state index contributed by atoms with van der Waals surface area (Å²) in [5.41, 5.74) is 7.73. The molecule has 3 nitrogen and oxygen atoms in total. The summed E-state index contributed by atoms with van der Waals surface area (Å²) in [4.78, 5) is 0. The number of rotatable bonds is 5. The average molecular weight is 251 g/mol. The smallest absolute Gasteiger partial charge is 0.163 e. The Morgan fingerprint density at radius 1 is 1.22 bits per heavy atom. The molecule has 0 saturated carbocycles. The summed E-state index contributed by atoms with van der Waals surface area (Å²) >= 11 is 0. The molecular weight excluding hydrogens is 226 g/mol. The van der Waals surface area contributed by atoms with Crippen LogP contribution in [0.25, 0.3) is 0 Å². The molecule has 0 aromatic heterocycles. The normalized spacial score (nSPS) is 11.6. The van der Waals surface area contributed by atoms with Gasteiger partial charge in [0.05, 0.1) is 7.11 Å². The van der Waals surface area contributed by atoms with Crippen molar-refractivity contribution in [3.8, 4) is 11.5 Å². The minimum atomic E-state index is 0.0202. The number of ether oxygens (including phenoxy) is 1. The molecule has 0 heterocycles. The number of methoxy groups -OCH3 is 1. The Kier molecular flexibility index (Phi) is 5.03. The molecule has 0 radical (unpaired) electrons. The number of aromatic hydroxyl groups is 1. The Labute approximate surface area is 110 Å². The van der Waals surface area contributed by atoms with Crippen molar-refractivity contribution in [3.05, 3.63) is 23.3 Å². The Bertz CT molecular complexity index is 394. The lowest BCUT2D eigenvalue weighted by molar-refractivity contribution is 0.367. The lowest BCUT2D eigenvalue weighted by Crippen LogP contribution is -2.12. The van der Waals surface area contributed by atoms with Crippen molar-refractivity contribution in [3.63, 3.8) is 0 Å². The average Bonchev–Trinajstić information content (AvgIpc) is 2.27. The van der Waals surface area contributed by atoms with Crippen molar-refractivity contribution in [2.75, 3.05) is 13.7 Å². The number of unbranched alkanes of at least 4 members (excludes halogenated alkanes) is 1. The van der Waals surface area contributed by atoms with E-state index in [-0.39, 0.29) is 11.2 Å². The number of hydrogen-bond donors (Lipinski definition) is 2. The highest BCUT2D eigenvalue weighted by Crippen LogP contribution is 2.36. The first-order chi connectivity index (χ1) is 8.40. The van der Waals surface area contributed by atoms with Gasteiger partial charge in [-0.1, -0.05) is 26.8 Å². The third-order valence-electron chi connectivity index (χ3n) is 3.12. The van der Waals surface area contributed by atoms with E-state index in [0.717, 1.165) is 30.4 Å². The molecule has 0 amide bonds. The number of nitrogens with two attached hydrogens (primary N) is 1. The SMILES string of the molecule is COc1c(O)cc(C(C)(C)C)cc1CCCCN. The Morgan fingerprint density at radius 2 is 1.89 bits per heavy atom. The molecule has 0 aliphatic rings. The van der Waals surface area contributed by atoms with E-state index in [4.69, 9.17) is 10.5 Å². The van der Waals surface area contributed by atoms with E-state index in [1.165, 1.54) is 0 Å². The molecule has 0 unspecified atom stereocenters. The number of phenols is 1. The summed E-state index contributed by atoms with van der Waals surface area (Å²) in [5, 5.41) is 10.0. The molecule has 3 heteroatoms. The predicted molar refractivity (Wildman–Crippen MR) is 75.4 cm³/mol. The van der Waals surface area contributed by atoms with Crippen molar-refractivity contribution in [1.82, 2.24) is 0 Å². The van der Waals surface area contributed by atoms with Crippen LogP contribution in [0.3, 0.4) is 0 Å². The fraction of sp³-hybridized carbons (Fsp3) is 0.600. The maximum absolute atomic E-state index is 10.0. The third kappa shape index (κ3) is 3.64. The van der Waals surface area contributed by atoms with Crippen molar-refractivity contribution < 1.29 is 9.84 Å². The van der Waals surface area contributed by atoms with Crippen molar-refractivity contribution in [2.45, 2.75) is 45.4 Å². The molecule has 0 atom stereocenters. The maximum Gasteiger partial charge on any atom is 0.163 e. The van der Waals surface area contributed by atoms with Gasteiger partial charge in [-0.15, -0.1) is 0 Å². The van der Waals surface area contributed by atoms with Crippen LogP contribution in [0.4, 0.5) is 0 Å². The lowest BCUT2D eigenvalue weighted by atomic mass is 9.85. The van der Waals surface area contributed by atoms with Gasteiger partial charge in [-0.25, -0.2) is 0 Å². The van der Waals surface area contributed by atoms with Crippen LogP contribution in [-0.2, 0) is 11.8 Å². The van der Waals surface area contributed by atoms with Gasteiger partial charge in [0.1, 0.15) is 0 Å². The highest BCUT2D eigenvalue weighted by molar-refractivity contribution is 5.50. The number of phenolic OH excluding ortho intramolecular Hbond substituents is 1. The number of benzene rings is 1. The summed E-state index contributed by atoms with van der Waals surface area (Å²) < 4.78 is 5.29. The van der Waals surface area contributed by atoms with E-state index in [1.54, 1.807) is 13.2 Å². The van der Waals surface area contributed by atoms with E-state index in [0.29, 0.717) is 12.3 Å². The lowest BCUT2D eigenvalue weighted by Gasteiger charge is -2.22. The second-order valence-electron chi connectivity index (χ2n) is 5.68. The maximum atomic E-state index is 10.0. The quantitative estimate of drug-likeness (QED) is 0.791. The van der Waals surface area contributed by atoms with Gasteiger partial charge >= 0.3 is 0 Å². The standard InChI is InChI=1S/C15H25NO2/c1-15(2,3)12-9-11(7-5-6-8-16)14(18-4)13(17)10-12/h9-10,17H,5-8,16H2,1-4H3. The molecule has 1 aromatic rings. The van der Waals surface area contributed by atoms with E-state index >= 15 is 0 Å². The third-order valence-corrected chi connectivity index (χ3v) is 3.12. The number of aryl methyl sites for hydroxylation is 1. The molecule has 0 fully saturated rings. The van der Waals surface area contributed by atoms with Crippen LogP contribution in [0.2, 0.25) is 0 Å². The van der Waals surface area contributed by atoms with Crippen LogP contribution >= 0.6 is 0 Å². The molecule has 0 saturated heterocycles. The topological polar surface area (TPSA) is 55.5 Å². The summed E-state index contributed by atoms with van der Waals surface area (Å²) in [5.74, 6) is 0.827. The Balaban J connectivity index is 3.07. The minimum Gasteiger partial charge on any atom is -0.504 e. The van der Waals surface area contributed by atoms with Gasteiger partial charge in [-0.2, -0.15) is 0 Å². The van der Waals surface area contributed by atoms with Gasteiger partial charge in [-0.05, 0) is 48.4 Å². The summed E-state index contributed by atoms with van der Waals surface area (Å²) in [7, 11) is 1.60. The molecule has 1 rings (SSSR count). The Morgan fingerprint density at radius 3 is 2.39 bits per heavy atom.